The van der Waals surface area contributed by atoms with Crippen molar-refractivity contribution in [3.8, 4) is 5.88 Å². The van der Waals surface area contributed by atoms with Gasteiger partial charge in [0, 0.05) is 40.7 Å². The van der Waals surface area contributed by atoms with E-state index < -0.39 is 0 Å². The molecule has 1 unspecified atom stereocenters. The van der Waals surface area contributed by atoms with Crippen LogP contribution in [0.5, 0.6) is 5.88 Å². The standard InChI is InChI=1S/C29H34N6O2/c1-19(2)24-18-31-35-25(16-26(34-27(24)35)37-23-13-14-29(3,4)30-17-23)32-21-11-8-12-22(15-21)33-28(36)20-9-6-5-7-10-20/h5-12,15-16,18-19,23,30,32H,13-14,17H2,1-4H3,(H,33,36). The summed E-state index contributed by atoms with van der Waals surface area (Å²) in [5, 5.41) is 14.6. The number of ether oxygens (including phenoxy) is 1. The number of fused-ring (bicyclic) bond motifs is 1. The molecule has 0 aliphatic carbocycles. The molecule has 0 radical (unpaired) electrons. The number of carbonyl (C=O) groups excluding carboxylic acids is 1. The van der Waals surface area contributed by atoms with E-state index in [1.165, 1.54) is 0 Å². The van der Waals surface area contributed by atoms with Gasteiger partial charge in [-0.05, 0) is 62.9 Å². The number of piperidine rings is 1. The van der Waals surface area contributed by atoms with E-state index in [1.54, 1.807) is 16.6 Å². The van der Waals surface area contributed by atoms with Crippen molar-refractivity contribution in [2.45, 2.75) is 58.1 Å². The van der Waals surface area contributed by atoms with Crippen LogP contribution in [0, 0.1) is 0 Å². The quantitative estimate of drug-likeness (QED) is 0.300. The molecule has 0 bridgehead atoms. The molecule has 0 saturated carbocycles. The molecule has 2 aromatic carbocycles. The Bertz CT molecular complexity index is 1390. The molecule has 1 atom stereocenters. The van der Waals surface area contributed by atoms with Crippen LogP contribution in [0.1, 0.15) is 62.4 Å². The highest BCUT2D eigenvalue weighted by atomic mass is 16.5. The highest BCUT2D eigenvalue weighted by Crippen LogP contribution is 2.29. The lowest BCUT2D eigenvalue weighted by molar-refractivity contribution is 0.102. The number of nitrogens with one attached hydrogen (secondary N) is 3. The lowest BCUT2D eigenvalue weighted by Crippen LogP contribution is -2.50. The summed E-state index contributed by atoms with van der Waals surface area (Å²) < 4.78 is 8.16. The van der Waals surface area contributed by atoms with Gasteiger partial charge in [0.05, 0.1) is 6.20 Å². The first-order valence-corrected chi connectivity index (χ1v) is 12.8. The van der Waals surface area contributed by atoms with Crippen molar-refractivity contribution in [3.05, 3.63) is 78.0 Å². The summed E-state index contributed by atoms with van der Waals surface area (Å²) in [5.74, 6) is 1.42. The Balaban J connectivity index is 1.41. The number of amides is 1. The van der Waals surface area contributed by atoms with Crippen LogP contribution in [0.15, 0.2) is 66.9 Å². The maximum absolute atomic E-state index is 12.6. The second-order valence-electron chi connectivity index (χ2n) is 10.5. The van der Waals surface area contributed by atoms with E-state index in [1.807, 2.05) is 54.7 Å². The Labute approximate surface area is 217 Å². The normalized spacial score (nSPS) is 17.1. The maximum atomic E-state index is 12.6. The van der Waals surface area contributed by atoms with E-state index in [0.29, 0.717) is 17.1 Å². The van der Waals surface area contributed by atoms with Crippen LogP contribution in [-0.2, 0) is 0 Å². The molecule has 192 valence electrons. The summed E-state index contributed by atoms with van der Waals surface area (Å²) in [6, 6.07) is 18.7. The Morgan fingerprint density at radius 3 is 2.62 bits per heavy atom. The molecule has 1 amide bonds. The molecule has 1 saturated heterocycles. The molecule has 1 aliphatic rings. The van der Waals surface area contributed by atoms with Crippen LogP contribution < -0.4 is 20.7 Å². The van der Waals surface area contributed by atoms with Gasteiger partial charge in [0.15, 0.2) is 5.65 Å². The van der Waals surface area contributed by atoms with E-state index in [4.69, 9.17) is 9.72 Å². The maximum Gasteiger partial charge on any atom is 0.255 e. The molecule has 1 fully saturated rings. The van der Waals surface area contributed by atoms with Gasteiger partial charge < -0.3 is 20.7 Å². The summed E-state index contributed by atoms with van der Waals surface area (Å²) in [4.78, 5) is 17.5. The number of aromatic nitrogens is 3. The van der Waals surface area contributed by atoms with Gasteiger partial charge in [-0.1, -0.05) is 38.1 Å². The molecular formula is C29H34N6O2. The van der Waals surface area contributed by atoms with E-state index >= 15 is 0 Å². The Kier molecular flexibility index (Phi) is 6.84. The average molecular weight is 499 g/mol. The molecule has 37 heavy (non-hydrogen) atoms. The first kappa shape index (κ1) is 24.8. The molecule has 8 nitrogen and oxygen atoms in total. The molecule has 2 aromatic heterocycles. The van der Waals surface area contributed by atoms with Crippen LogP contribution >= 0.6 is 0 Å². The second kappa shape index (κ2) is 10.2. The third-order valence-electron chi connectivity index (χ3n) is 6.71. The zero-order valence-corrected chi connectivity index (χ0v) is 21.8. The van der Waals surface area contributed by atoms with Crippen molar-refractivity contribution in [2.75, 3.05) is 17.2 Å². The predicted molar refractivity (Wildman–Crippen MR) is 147 cm³/mol. The zero-order valence-electron chi connectivity index (χ0n) is 21.8. The van der Waals surface area contributed by atoms with Crippen molar-refractivity contribution in [1.29, 1.82) is 0 Å². The molecule has 3 heterocycles. The minimum atomic E-state index is -0.155. The van der Waals surface area contributed by atoms with Crippen LogP contribution in [0.3, 0.4) is 0 Å². The lowest BCUT2D eigenvalue weighted by atomic mass is 9.92. The fourth-order valence-corrected chi connectivity index (χ4v) is 4.50. The summed E-state index contributed by atoms with van der Waals surface area (Å²) in [7, 11) is 0. The lowest BCUT2D eigenvalue weighted by Gasteiger charge is -2.35. The van der Waals surface area contributed by atoms with Gasteiger partial charge in [-0.15, -0.1) is 0 Å². The Morgan fingerprint density at radius 1 is 1.11 bits per heavy atom. The Morgan fingerprint density at radius 2 is 1.89 bits per heavy atom. The van der Waals surface area contributed by atoms with Gasteiger partial charge in [0.1, 0.15) is 11.9 Å². The monoisotopic (exact) mass is 498 g/mol. The van der Waals surface area contributed by atoms with Gasteiger partial charge in [-0.3, -0.25) is 4.79 Å². The smallest absolute Gasteiger partial charge is 0.255 e. The largest absolute Gasteiger partial charge is 0.473 e. The van der Waals surface area contributed by atoms with E-state index in [0.717, 1.165) is 42.1 Å². The molecule has 1 aliphatic heterocycles. The van der Waals surface area contributed by atoms with Crippen LogP contribution in [0.4, 0.5) is 17.2 Å². The van der Waals surface area contributed by atoms with Crippen molar-refractivity contribution in [3.63, 3.8) is 0 Å². The van der Waals surface area contributed by atoms with Crippen LogP contribution in [0.2, 0.25) is 0 Å². The number of hydrogen-bond donors (Lipinski definition) is 3. The summed E-state index contributed by atoms with van der Waals surface area (Å²) in [6.07, 6.45) is 3.92. The van der Waals surface area contributed by atoms with Gasteiger partial charge in [-0.2, -0.15) is 14.6 Å². The third-order valence-corrected chi connectivity index (χ3v) is 6.71. The molecule has 4 aromatic rings. The SMILES string of the molecule is CC(C)c1cnn2c(Nc3cccc(NC(=O)c4ccccc4)c3)cc(OC3CCC(C)(C)NC3)nc12. The van der Waals surface area contributed by atoms with Gasteiger partial charge >= 0.3 is 0 Å². The summed E-state index contributed by atoms with van der Waals surface area (Å²) in [5.41, 5.74) is 4.07. The van der Waals surface area contributed by atoms with Crippen molar-refractivity contribution >= 4 is 28.7 Å². The highest BCUT2D eigenvalue weighted by Gasteiger charge is 2.27. The van der Waals surface area contributed by atoms with Gasteiger partial charge in [0.25, 0.3) is 5.91 Å². The molecule has 8 heteroatoms. The molecule has 0 spiro atoms. The molecular weight excluding hydrogens is 464 g/mol. The zero-order chi connectivity index (χ0) is 26.0. The fraction of sp³-hybridized carbons (Fsp3) is 0.345. The number of anilines is 3. The summed E-state index contributed by atoms with van der Waals surface area (Å²) >= 11 is 0. The number of nitrogens with zero attached hydrogens (tertiary/aromatic N) is 3. The first-order valence-electron chi connectivity index (χ1n) is 12.8. The van der Waals surface area contributed by atoms with Gasteiger partial charge in [-0.25, -0.2) is 0 Å². The minimum absolute atomic E-state index is 0.0535. The van der Waals surface area contributed by atoms with E-state index in [2.05, 4.69) is 48.7 Å². The Hall–Kier alpha value is -3.91. The fourth-order valence-electron chi connectivity index (χ4n) is 4.50. The highest BCUT2D eigenvalue weighted by molar-refractivity contribution is 6.04. The number of benzene rings is 2. The molecule has 3 N–H and O–H groups in total. The minimum Gasteiger partial charge on any atom is -0.473 e. The van der Waals surface area contributed by atoms with Crippen LogP contribution in [0.25, 0.3) is 5.65 Å². The van der Waals surface area contributed by atoms with Crippen molar-refractivity contribution in [1.82, 2.24) is 19.9 Å². The molecule has 5 rings (SSSR count). The van der Waals surface area contributed by atoms with E-state index in [-0.39, 0.29) is 23.5 Å². The first-order chi connectivity index (χ1) is 17.8. The average Bonchev–Trinajstić information content (AvgIpc) is 3.31. The predicted octanol–water partition coefficient (Wildman–Crippen LogP) is 5.76. The van der Waals surface area contributed by atoms with Crippen molar-refractivity contribution in [2.24, 2.45) is 0 Å². The van der Waals surface area contributed by atoms with E-state index in [9.17, 15) is 4.79 Å². The topological polar surface area (TPSA) is 92.6 Å². The number of carbonyl (C=O) groups is 1. The second-order valence-corrected chi connectivity index (χ2v) is 10.5. The third kappa shape index (κ3) is 5.75. The van der Waals surface area contributed by atoms with Crippen LogP contribution in [-0.4, -0.2) is 38.7 Å². The number of rotatable bonds is 7. The number of hydrogen-bond acceptors (Lipinski definition) is 6. The summed E-state index contributed by atoms with van der Waals surface area (Å²) in [6.45, 7) is 9.47. The van der Waals surface area contributed by atoms with Crippen molar-refractivity contribution < 1.29 is 9.53 Å². The van der Waals surface area contributed by atoms with Gasteiger partial charge in [0.2, 0.25) is 5.88 Å².